The molecule has 0 bridgehead atoms. The van der Waals surface area contributed by atoms with Crippen LogP contribution in [0.25, 0.3) is 88.1 Å². The van der Waals surface area contributed by atoms with Crippen molar-refractivity contribution in [2.75, 3.05) is 0 Å². The van der Waals surface area contributed by atoms with Crippen LogP contribution in [0.4, 0.5) is 0 Å². The van der Waals surface area contributed by atoms with Crippen molar-refractivity contribution < 1.29 is 0 Å². The van der Waals surface area contributed by atoms with E-state index in [1.165, 1.54) is 44.5 Å². The summed E-state index contributed by atoms with van der Waals surface area (Å²) in [6, 6.07) is 59.1. The number of hydrogen-bond donors (Lipinski definition) is 0. The van der Waals surface area contributed by atoms with Crippen molar-refractivity contribution in [2.45, 2.75) is 13.8 Å². The number of pyridine rings is 4. The maximum absolute atomic E-state index is 4.90. The molecule has 4 heteroatoms. The van der Waals surface area contributed by atoms with E-state index in [9.17, 15) is 0 Å². The molecule has 0 radical (unpaired) electrons. The molecule has 6 aromatic carbocycles. The monoisotopic (exact) mass is 692 g/mol. The molecule has 0 aliphatic heterocycles. The highest BCUT2D eigenvalue weighted by atomic mass is 14.8. The second kappa shape index (κ2) is 14.2. The summed E-state index contributed by atoms with van der Waals surface area (Å²) in [5.41, 5.74) is 15.4. The van der Waals surface area contributed by atoms with Crippen LogP contribution in [0.15, 0.2) is 182 Å². The van der Waals surface area contributed by atoms with Gasteiger partial charge in [0.1, 0.15) is 0 Å². The van der Waals surface area contributed by atoms with Gasteiger partial charge in [-0.2, -0.15) is 0 Å². The predicted molar refractivity (Wildman–Crippen MR) is 225 cm³/mol. The number of aromatic nitrogens is 4. The molecule has 256 valence electrons. The summed E-state index contributed by atoms with van der Waals surface area (Å²) in [6.45, 7) is 4.09. The molecule has 0 aliphatic carbocycles. The first-order valence-corrected chi connectivity index (χ1v) is 18.2. The lowest BCUT2D eigenvalue weighted by Crippen LogP contribution is -1.95. The average molecular weight is 693 g/mol. The van der Waals surface area contributed by atoms with Crippen LogP contribution in [0, 0.1) is 13.8 Å². The van der Waals surface area contributed by atoms with Crippen LogP contribution in [-0.2, 0) is 0 Å². The van der Waals surface area contributed by atoms with Gasteiger partial charge in [-0.3, -0.25) is 19.9 Å². The minimum atomic E-state index is 0.946. The van der Waals surface area contributed by atoms with Crippen molar-refractivity contribution in [3.63, 3.8) is 0 Å². The van der Waals surface area contributed by atoms with Crippen molar-refractivity contribution >= 4 is 43.6 Å². The van der Waals surface area contributed by atoms with Crippen LogP contribution in [0.2, 0.25) is 0 Å². The Hall–Kier alpha value is -7.04. The maximum atomic E-state index is 4.90. The molecule has 0 amide bonds. The number of aryl methyl sites for hydroxylation is 2. The number of hydrogen-bond acceptors (Lipinski definition) is 4. The van der Waals surface area contributed by atoms with Crippen molar-refractivity contribution in [3.05, 3.63) is 194 Å². The Labute approximate surface area is 314 Å². The van der Waals surface area contributed by atoms with E-state index in [-0.39, 0.29) is 0 Å². The molecule has 0 saturated carbocycles. The maximum Gasteiger partial charge on any atom is 0.0974 e. The van der Waals surface area contributed by atoms with Crippen LogP contribution in [0.5, 0.6) is 0 Å². The molecule has 0 aliphatic rings. The summed E-state index contributed by atoms with van der Waals surface area (Å²) in [7, 11) is 0. The number of fused-ring (bicyclic) bond motifs is 6. The zero-order valence-electron chi connectivity index (χ0n) is 30.1. The molecule has 54 heavy (non-hydrogen) atoms. The number of benzene rings is 6. The van der Waals surface area contributed by atoms with Crippen LogP contribution in [-0.4, -0.2) is 19.9 Å². The van der Waals surface area contributed by atoms with Gasteiger partial charge in [-0.05, 0) is 94.8 Å². The van der Waals surface area contributed by atoms with Gasteiger partial charge in [0.2, 0.25) is 0 Å². The van der Waals surface area contributed by atoms with E-state index in [4.69, 9.17) is 9.97 Å². The van der Waals surface area contributed by atoms with Gasteiger partial charge in [0.25, 0.3) is 0 Å². The summed E-state index contributed by atoms with van der Waals surface area (Å²) in [5.74, 6) is 0. The van der Waals surface area contributed by atoms with E-state index in [2.05, 4.69) is 169 Å². The minimum Gasteiger partial charge on any atom is -0.254 e. The number of rotatable bonds is 4. The minimum absolute atomic E-state index is 0.946. The van der Waals surface area contributed by atoms with E-state index in [1.54, 1.807) is 0 Å². The first kappa shape index (κ1) is 32.8. The molecule has 0 saturated heterocycles. The van der Waals surface area contributed by atoms with Gasteiger partial charge in [-0.15, -0.1) is 0 Å². The molecule has 0 fully saturated rings. The van der Waals surface area contributed by atoms with E-state index in [0.717, 1.165) is 55.0 Å². The molecular weight excluding hydrogens is 657 g/mol. The molecule has 0 atom stereocenters. The normalized spacial score (nSPS) is 11.1. The summed E-state index contributed by atoms with van der Waals surface area (Å²) in [6.07, 6.45) is 3.72. The van der Waals surface area contributed by atoms with Crippen molar-refractivity contribution in [1.29, 1.82) is 0 Å². The summed E-state index contributed by atoms with van der Waals surface area (Å²) in [5, 5.41) is 4.54. The Bertz CT molecular complexity index is 2920. The SMILES string of the molecule is Cc1ccc2c(-c3ccccc3)cc3c(-c4ccccc4)cc(C)nc3c2n1.c1ccc(-c2cc3c(-c4ccccc4)ccnc3c3ncccc23)cc1. The van der Waals surface area contributed by atoms with Crippen LogP contribution in [0.1, 0.15) is 11.4 Å². The summed E-state index contributed by atoms with van der Waals surface area (Å²) in [4.78, 5) is 19.1. The van der Waals surface area contributed by atoms with Gasteiger partial charge >= 0.3 is 0 Å². The van der Waals surface area contributed by atoms with E-state index >= 15 is 0 Å². The number of nitrogens with zero attached hydrogens (tertiary/aromatic N) is 4. The van der Waals surface area contributed by atoms with Crippen molar-refractivity contribution in [1.82, 2.24) is 19.9 Å². The van der Waals surface area contributed by atoms with Crippen molar-refractivity contribution in [3.8, 4) is 44.5 Å². The molecule has 4 nitrogen and oxygen atoms in total. The fraction of sp³-hybridized carbons (Fsp3) is 0.0400. The van der Waals surface area contributed by atoms with Gasteiger partial charge in [0, 0.05) is 45.3 Å². The highest BCUT2D eigenvalue weighted by molar-refractivity contribution is 6.15. The molecule has 0 spiro atoms. The van der Waals surface area contributed by atoms with Gasteiger partial charge in [0.15, 0.2) is 0 Å². The second-order valence-corrected chi connectivity index (χ2v) is 13.5. The lowest BCUT2D eigenvalue weighted by Gasteiger charge is -2.14. The fourth-order valence-corrected chi connectivity index (χ4v) is 7.47. The zero-order valence-corrected chi connectivity index (χ0v) is 30.1. The molecule has 0 unspecified atom stereocenters. The topological polar surface area (TPSA) is 51.6 Å². The molecule has 0 N–H and O–H groups in total. The average Bonchev–Trinajstić information content (AvgIpc) is 3.24. The lowest BCUT2D eigenvalue weighted by molar-refractivity contribution is 1.23. The first-order chi connectivity index (χ1) is 26.6. The van der Waals surface area contributed by atoms with Crippen molar-refractivity contribution in [2.24, 2.45) is 0 Å². The Kier molecular flexibility index (Phi) is 8.62. The zero-order chi connectivity index (χ0) is 36.4. The Balaban J connectivity index is 0.000000143. The quantitative estimate of drug-likeness (QED) is 0.172. The lowest BCUT2D eigenvalue weighted by atomic mass is 9.93. The third-order valence-electron chi connectivity index (χ3n) is 9.96. The summed E-state index contributed by atoms with van der Waals surface area (Å²) >= 11 is 0. The van der Waals surface area contributed by atoms with Gasteiger partial charge < -0.3 is 0 Å². The molecular formula is C50H36N4. The summed E-state index contributed by atoms with van der Waals surface area (Å²) < 4.78 is 0. The Morgan fingerprint density at radius 3 is 1.30 bits per heavy atom. The van der Waals surface area contributed by atoms with Gasteiger partial charge in [0.05, 0.1) is 22.1 Å². The third kappa shape index (κ3) is 6.14. The smallest absolute Gasteiger partial charge is 0.0974 e. The third-order valence-corrected chi connectivity index (χ3v) is 9.96. The van der Waals surface area contributed by atoms with Crippen LogP contribution in [0.3, 0.4) is 0 Å². The Morgan fingerprint density at radius 1 is 0.296 bits per heavy atom. The van der Waals surface area contributed by atoms with E-state index in [1.807, 2.05) is 37.5 Å². The Morgan fingerprint density at radius 2 is 0.722 bits per heavy atom. The van der Waals surface area contributed by atoms with E-state index in [0.29, 0.717) is 0 Å². The molecule has 10 aromatic rings. The van der Waals surface area contributed by atoms with Gasteiger partial charge in [-0.1, -0.05) is 133 Å². The highest BCUT2D eigenvalue weighted by Gasteiger charge is 2.16. The predicted octanol–water partition coefficient (Wildman–Crippen LogP) is 12.9. The van der Waals surface area contributed by atoms with Crippen LogP contribution >= 0.6 is 0 Å². The van der Waals surface area contributed by atoms with Gasteiger partial charge in [-0.25, -0.2) is 0 Å². The molecule has 10 rings (SSSR count). The highest BCUT2D eigenvalue weighted by Crippen LogP contribution is 2.39. The standard InChI is InChI=1S/C26H20N2.C24H16N2/c1-17-13-14-21-23(20-11-7-4-8-12-20)16-24-22(19-9-5-3-6-10-19)15-18(2)28-26(24)25(21)27-17;1-3-8-17(9-4-1)19-13-15-26-24-22(19)16-21(18-10-5-2-6-11-18)20-12-7-14-25-23(20)24/h3-16H,1-2H3;1-16H. The fourth-order valence-electron chi connectivity index (χ4n) is 7.47. The first-order valence-electron chi connectivity index (χ1n) is 18.2. The molecule has 4 aromatic heterocycles. The molecule has 4 heterocycles. The second-order valence-electron chi connectivity index (χ2n) is 13.5. The largest absolute Gasteiger partial charge is 0.254 e. The van der Waals surface area contributed by atoms with E-state index < -0.39 is 0 Å². The van der Waals surface area contributed by atoms with Crippen LogP contribution < -0.4 is 0 Å².